The third-order valence-electron chi connectivity index (χ3n) is 6.74. The second-order valence-electron chi connectivity index (χ2n) is 9.28. The third kappa shape index (κ3) is 4.46. The molecule has 4 aromatic rings. The molecule has 0 radical (unpaired) electrons. The number of nitrogens with zero attached hydrogens (tertiary/aromatic N) is 5. The first-order valence-electron chi connectivity index (χ1n) is 11.8. The number of anilines is 2. The highest BCUT2D eigenvalue weighted by Crippen LogP contribution is 2.41. The van der Waals surface area contributed by atoms with Gasteiger partial charge in [0.25, 0.3) is 0 Å². The lowest BCUT2D eigenvalue weighted by atomic mass is 9.87. The zero-order valence-corrected chi connectivity index (χ0v) is 21.6. The van der Waals surface area contributed by atoms with Crippen molar-refractivity contribution in [3.05, 3.63) is 35.1 Å². The Hall–Kier alpha value is -3.73. The molecule has 36 heavy (non-hydrogen) atoms. The molecule has 2 N–H and O–H groups in total. The van der Waals surface area contributed by atoms with E-state index in [-0.39, 0.29) is 17.7 Å². The number of carbonyl (C=O) groups excluding carboxylic acids is 2. The molecule has 0 spiro atoms. The summed E-state index contributed by atoms with van der Waals surface area (Å²) in [6.45, 7) is 0.425. The Labute approximate surface area is 212 Å². The van der Waals surface area contributed by atoms with Crippen LogP contribution in [0.2, 0.25) is 0 Å². The molecule has 11 heteroatoms. The minimum atomic E-state index is -0.0991. The number of fused-ring (bicyclic) bond motifs is 4. The number of aromatic amines is 1. The lowest BCUT2D eigenvalue weighted by Gasteiger charge is -2.27. The maximum absolute atomic E-state index is 13.1. The Balaban J connectivity index is 1.38. The van der Waals surface area contributed by atoms with E-state index in [0.717, 1.165) is 45.5 Å². The Morgan fingerprint density at radius 1 is 1.25 bits per heavy atom. The molecule has 1 unspecified atom stereocenters. The second-order valence-corrected chi connectivity index (χ2v) is 10.4. The zero-order valence-electron chi connectivity index (χ0n) is 20.8. The molecule has 1 aliphatic rings. The van der Waals surface area contributed by atoms with Crippen molar-refractivity contribution < 1.29 is 14.3 Å². The molecule has 5 rings (SSSR count). The average molecular weight is 508 g/mol. The number of aryl methyl sites for hydroxylation is 1. The van der Waals surface area contributed by atoms with Crippen molar-refractivity contribution in [2.75, 3.05) is 40.1 Å². The lowest BCUT2D eigenvalue weighted by Crippen LogP contribution is -2.37. The van der Waals surface area contributed by atoms with Gasteiger partial charge >= 0.3 is 0 Å². The largest absolute Gasteiger partial charge is 0.494 e. The number of aromatic nitrogens is 4. The van der Waals surface area contributed by atoms with Gasteiger partial charge < -0.3 is 19.9 Å². The van der Waals surface area contributed by atoms with E-state index in [2.05, 4.69) is 25.5 Å². The van der Waals surface area contributed by atoms with Crippen molar-refractivity contribution in [3.8, 4) is 5.75 Å². The maximum Gasteiger partial charge on any atom is 0.225 e. The van der Waals surface area contributed by atoms with Crippen molar-refractivity contribution >= 4 is 55.8 Å². The van der Waals surface area contributed by atoms with Crippen molar-refractivity contribution in [1.29, 1.82) is 0 Å². The van der Waals surface area contributed by atoms with Gasteiger partial charge in [0.15, 0.2) is 0 Å². The number of amides is 2. The van der Waals surface area contributed by atoms with Crippen LogP contribution in [0, 0.1) is 5.92 Å². The average Bonchev–Trinajstić information content (AvgIpc) is 3.49. The van der Waals surface area contributed by atoms with E-state index in [1.165, 1.54) is 10.4 Å². The van der Waals surface area contributed by atoms with Crippen LogP contribution < -0.4 is 10.1 Å². The summed E-state index contributed by atoms with van der Waals surface area (Å²) in [6.07, 6.45) is 5.86. The number of nitrogens with one attached hydrogen (secondary N) is 2. The van der Waals surface area contributed by atoms with Crippen molar-refractivity contribution in [2.45, 2.75) is 25.7 Å². The molecular formula is C25H29N7O3S. The first-order chi connectivity index (χ1) is 17.4. The van der Waals surface area contributed by atoms with Gasteiger partial charge in [-0.2, -0.15) is 5.10 Å². The fraction of sp³-hybridized carbons (Fsp3) is 0.400. The van der Waals surface area contributed by atoms with Crippen LogP contribution in [0.3, 0.4) is 0 Å². The van der Waals surface area contributed by atoms with Crippen LogP contribution in [0.4, 0.5) is 11.5 Å². The smallest absolute Gasteiger partial charge is 0.225 e. The fourth-order valence-electron chi connectivity index (χ4n) is 4.69. The minimum absolute atomic E-state index is 0.0206. The number of methoxy groups -OCH3 is 1. The van der Waals surface area contributed by atoms with Crippen LogP contribution in [-0.4, -0.2) is 76.6 Å². The minimum Gasteiger partial charge on any atom is -0.494 e. The maximum atomic E-state index is 13.1. The number of H-pyrrole nitrogens is 1. The topological polar surface area (TPSA) is 116 Å². The molecule has 1 atom stereocenters. The highest BCUT2D eigenvalue weighted by atomic mass is 32.1. The second kappa shape index (κ2) is 9.73. The van der Waals surface area contributed by atoms with E-state index in [0.29, 0.717) is 25.1 Å². The molecule has 0 saturated carbocycles. The van der Waals surface area contributed by atoms with Crippen LogP contribution >= 0.6 is 11.3 Å². The summed E-state index contributed by atoms with van der Waals surface area (Å²) in [5.41, 5.74) is 2.89. The first kappa shape index (κ1) is 24.0. The summed E-state index contributed by atoms with van der Waals surface area (Å²) in [4.78, 5) is 39.4. The van der Waals surface area contributed by atoms with Gasteiger partial charge in [-0.15, -0.1) is 11.3 Å². The van der Waals surface area contributed by atoms with E-state index in [1.807, 2.05) is 12.1 Å². The van der Waals surface area contributed by atoms with Gasteiger partial charge in [0.2, 0.25) is 11.8 Å². The lowest BCUT2D eigenvalue weighted by molar-refractivity contribution is -0.135. The third-order valence-corrected chi connectivity index (χ3v) is 7.91. The molecule has 0 bridgehead atoms. The molecule has 0 fully saturated rings. The van der Waals surface area contributed by atoms with Gasteiger partial charge in [0, 0.05) is 56.4 Å². The molecule has 3 heterocycles. The highest BCUT2D eigenvalue weighted by molar-refractivity contribution is 7.19. The summed E-state index contributed by atoms with van der Waals surface area (Å²) in [6, 6.07) is 3.89. The normalized spacial score (nSPS) is 15.1. The molecular weight excluding hydrogens is 478 g/mol. The number of ether oxygens (including phenoxy) is 1. The fourth-order valence-corrected chi connectivity index (χ4v) is 5.96. The quantitative estimate of drug-likeness (QED) is 0.394. The van der Waals surface area contributed by atoms with Crippen LogP contribution in [0.5, 0.6) is 5.75 Å². The summed E-state index contributed by atoms with van der Waals surface area (Å²) in [5, 5.41) is 12.5. The molecule has 0 saturated heterocycles. The predicted octanol–water partition coefficient (Wildman–Crippen LogP) is 3.36. The molecule has 3 aromatic heterocycles. The van der Waals surface area contributed by atoms with Crippen LogP contribution in [0.1, 0.15) is 23.3 Å². The van der Waals surface area contributed by atoms with Gasteiger partial charge in [0.05, 0.1) is 29.9 Å². The standard InChI is InChI=1S/C25H29N7O3S/c1-31(2)21(33)7-8-32(3)25(34)14-5-6-16-20(10-14)36-24-22(16)23(26-13-27-24)29-18-9-15-12-28-30-17(15)11-19(18)35-4/h9,11-14H,5-8,10H2,1-4H3,(H,28,30)(H,26,27,29). The highest BCUT2D eigenvalue weighted by Gasteiger charge is 2.31. The molecule has 10 nitrogen and oxygen atoms in total. The van der Waals surface area contributed by atoms with E-state index in [4.69, 9.17) is 4.74 Å². The number of benzene rings is 1. The number of hydrogen-bond donors (Lipinski definition) is 2. The SMILES string of the molecule is COc1cc2[nH]ncc2cc1Nc1ncnc2sc3c(c12)CCC(C(=O)N(C)CCC(=O)N(C)C)C3. The summed E-state index contributed by atoms with van der Waals surface area (Å²) >= 11 is 1.62. The summed E-state index contributed by atoms with van der Waals surface area (Å²) < 4.78 is 5.59. The Morgan fingerprint density at radius 3 is 2.86 bits per heavy atom. The van der Waals surface area contributed by atoms with Crippen LogP contribution in [0.15, 0.2) is 24.7 Å². The number of thiophene rings is 1. The van der Waals surface area contributed by atoms with Crippen molar-refractivity contribution in [1.82, 2.24) is 30.0 Å². The number of rotatable bonds is 7. The summed E-state index contributed by atoms with van der Waals surface area (Å²) in [7, 11) is 6.87. The van der Waals surface area contributed by atoms with E-state index in [1.54, 1.807) is 61.9 Å². The van der Waals surface area contributed by atoms with Gasteiger partial charge in [0.1, 0.15) is 22.7 Å². The summed E-state index contributed by atoms with van der Waals surface area (Å²) in [5.74, 6) is 1.42. The number of hydrogen-bond acceptors (Lipinski definition) is 8. The van der Waals surface area contributed by atoms with Crippen molar-refractivity contribution in [2.24, 2.45) is 5.92 Å². The van der Waals surface area contributed by atoms with E-state index < -0.39 is 0 Å². The van der Waals surface area contributed by atoms with E-state index >= 15 is 0 Å². The van der Waals surface area contributed by atoms with Gasteiger partial charge in [-0.25, -0.2) is 9.97 Å². The molecule has 0 aliphatic heterocycles. The predicted molar refractivity (Wildman–Crippen MR) is 140 cm³/mol. The first-order valence-corrected chi connectivity index (χ1v) is 12.7. The molecule has 1 aromatic carbocycles. The van der Waals surface area contributed by atoms with Gasteiger partial charge in [-0.05, 0) is 30.9 Å². The Kier molecular flexibility index (Phi) is 6.48. The van der Waals surface area contributed by atoms with Gasteiger partial charge in [-0.1, -0.05) is 0 Å². The zero-order chi connectivity index (χ0) is 25.4. The Morgan fingerprint density at radius 2 is 2.08 bits per heavy atom. The van der Waals surface area contributed by atoms with E-state index in [9.17, 15) is 9.59 Å². The Bertz CT molecular complexity index is 1440. The number of carbonyl (C=O) groups is 2. The molecule has 1 aliphatic carbocycles. The molecule has 2 amide bonds. The van der Waals surface area contributed by atoms with Crippen molar-refractivity contribution in [3.63, 3.8) is 0 Å². The molecule has 188 valence electrons. The van der Waals surface area contributed by atoms with Crippen LogP contribution in [0.25, 0.3) is 21.1 Å². The monoisotopic (exact) mass is 507 g/mol. The van der Waals surface area contributed by atoms with Crippen LogP contribution in [-0.2, 0) is 22.4 Å². The van der Waals surface area contributed by atoms with Gasteiger partial charge in [-0.3, -0.25) is 14.7 Å².